The minimum Gasteiger partial charge on any atom is -0.315 e. The van der Waals surface area contributed by atoms with E-state index in [1.807, 2.05) is 0 Å². The van der Waals surface area contributed by atoms with Crippen molar-refractivity contribution < 1.29 is 0 Å². The SMILES string of the molecule is CC(CNC1CCCNC1)c1ccccc1. The van der Waals surface area contributed by atoms with E-state index in [1.165, 1.54) is 24.9 Å². The van der Waals surface area contributed by atoms with Crippen molar-refractivity contribution in [2.24, 2.45) is 0 Å². The Morgan fingerprint density at radius 2 is 2.19 bits per heavy atom. The van der Waals surface area contributed by atoms with Gasteiger partial charge in [-0.3, -0.25) is 0 Å². The van der Waals surface area contributed by atoms with Crippen molar-refractivity contribution in [3.63, 3.8) is 0 Å². The van der Waals surface area contributed by atoms with Crippen molar-refractivity contribution >= 4 is 0 Å². The maximum atomic E-state index is 3.66. The fraction of sp³-hybridized carbons (Fsp3) is 0.571. The number of benzene rings is 1. The number of piperidine rings is 1. The standard InChI is InChI=1S/C14H22N2/c1-12(13-6-3-2-4-7-13)10-16-14-8-5-9-15-11-14/h2-4,6-7,12,14-16H,5,8-11H2,1H3. The van der Waals surface area contributed by atoms with Gasteiger partial charge >= 0.3 is 0 Å². The lowest BCUT2D eigenvalue weighted by atomic mass is 10.00. The average Bonchev–Trinajstić information content (AvgIpc) is 2.38. The molecule has 2 nitrogen and oxygen atoms in total. The zero-order chi connectivity index (χ0) is 11.2. The Labute approximate surface area is 98.4 Å². The second-order valence-electron chi connectivity index (χ2n) is 4.76. The molecule has 2 atom stereocenters. The van der Waals surface area contributed by atoms with Crippen LogP contribution in [0.25, 0.3) is 0 Å². The third-order valence-electron chi connectivity index (χ3n) is 3.38. The van der Waals surface area contributed by atoms with Crippen LogP contribution in [0.5, 0.6) is 0 Å². The van der Waals surface area contributed by atoms with E-state index >= 15 is 0 Å². The summed E-state index contributed by atoms with van der Waals surface area (Å²) in [6.07, 6.45) is 2.62. The van der Waals surface area contributed by atoms with E-state index in [1.54, 1.807) is 0 Å². The van der Waals surface area contributed by atoms with Crippen LogP contribution in [0.3, 0.4) is 0 Å². The molecule has 0 radical (unpaired) electrons. The van der Waals surface area contributed by atoms with Crippen LogP contribution >= 0.6 is 0 Å². The highest BCUT2D eigenvalue weighted by Gasteiger charge is 2.13. The zero-order valence-electron chi connectivity index (χ0n) is 10.1. The molecule has 2 heteroatoms. The third-order valence-corrected chi connectivity index (χ3v) is 3.38. The quantitative estimate of drug-likeness (QED) is 0.809. The molecule has 1 aliphatic rings. The van der Waals surface area contributed by atoms with Crippen molar-refractivity contribution in [1.82, 2.24) is 10.6 Å². The van der Waals surface area contributed by atoms with Crippen LogP contribution < -0.4 is 10.6 Å². The summed E-state index contributed by atoms with van der Waals surface area (Å²) in [6, 6.07) is 11.4. The third kappa shape index (κ3) is 3.32. The Morgan fingerprint density at radius 3 is 2.88 bits per heavy atom. The molecule has 1 fully saturated rings. The molecule has 1 heterocycles. The van der Waals surface area contributed by atoms with E-state index in [0.717, 1.165) is 13.1 Å². The van der Waals surface area contributed by atoms with Crippen LogP contribution in [0.4, 0.5) is 0 Å². The summed E-state index contributed by atoms with van der Waals surface area (Å²) < 4.78 is 0. The molecule has 16 heavy (non-hydrogen) atoms. The first kappa shape index (κ1) is 11.6. The molecule has 0 aromatic heterocycles. The van der Waals surface area contributed by atoms with Crippen LogP contribution in [-0.4, -0.2) is 25.7 Å². The fourth-order valence-corrected chi connectivity index (χ4v) is 2.27. The second kappa shape index (κ2) is 6.02. The van der Waals surface area contributed by atoms with E-state index in [0.29, 0.717) is 12.0 Å². The normalized spacial score (nSPS) is 22.9. The predicted octanol–water partition coefficient (Wildman–Crippen LogP) is 2.13. The predicted molar refractivity (Wildman–Crippen MR) is 68.8 cm³/mol. The van der Waals surface area contributed by atoms with Gasteiger partial charge in [0.15, 0.2) is 0 Å². The number of rotatable bonds is 4. The molecule has 2 N–H and O–H groups in total. The van der Waals surface area contributed by atoms with Crippen molar-refractivity contribution in [2.75, 3.05) is 19.6 Å². The maximum Gasteiger partial charge on any atom is 0.0193 e. The minimum atomic E-state index is 0.600. The summed E-state index contributed by atoms with van der Waals surface area (Å²) in [6.45, 7) is 5.68. The largest absolute Gasteiger partial charge is 0.315 e. The highest BCUT2D eigenvalue weighted by molar-refractivity contribution is 5.19. The molecule has 1 aliphatic heterocycles. The first-order valence-corrected chi connectivity index (χ1v) is 6.35. The van der Waals surface area contributed by atoms with Gasteiger partial charge in [-0.1, -0.05) is 37.3 Å². The molecule has 0 aliphatic carbocycles. The monoisotopic (exact) mass is 218 g/mol. The summed E-state index contributed by atoms with van der Waals surface area (Å²) >= 11 is 0. The minimum absolute atomic E-state index is 0.600. The Kier molecular flexibility index (Phi) is 4.37. The lowest BCUT2D eigenvalue weighted by Crippen LogP contribution is -2.44. The van der Waals surface area contributed by atoms with E-state index < -0.39 is 0 Å². The van der Waals surface area contributed by atoms with Gasteiger partial charge in [-0.15, -0.1) is 0 Å². The molecule has 0 bridgehead atoms. The van der Waals surface area contributed by atoms with E-state index in [-0.39, 0.29) is 0 Å². The summed E-state index contributed by atoms with van der Waals surface area (Å²) in [5.74, 6) is 0.600. The summed E-state index contributed by atoms with van der Waals surface area (Å²) in [5, 5.41) is 7.09. The summed E-state index contributed by atoms with van der Waals surface area (Å²) in [4.78, 5) is 0. The lowest BCUT2D eigenvalue weighted by molar-refractivity contribution is 0.383. The molecule has 0 saturated carbocycles. The molecule has 1 aromatic rings. The Bertz CT molecular complexity index is 291. The van der Waals surface area contributed by atoms with Crippen molar-refractivity contribution in [2.45, 2.75) is 31.7 Å². The molecular formula is C14H22N2. The van der Waals surface area contributed by atoms with Gasteiger partial charge in [-0.25, -0.2) is 0 Å². The topological polar surface area (TPSA) is 24.1 Å². The van der Waals surface area contributed by atoms with Gasteiger partial charge in [-0.2, -0.15) is 0 Å². The lowest BCUT2D eigenvalue weighted by Gasteiger charge is -2.25. The van der Waals surface area contributed by atoms with E-state index in [9.17, 15) is 0 Å². The fourth-order valence-electron chi connectivity index (χ4n) is 2.27. The zero-order valence-corrected chi connectivity index (χ0v) is 10.1. The van der Waals surface area contributed by atoms with Crippen LogP contribution in [0, 0.1) is 0 Å². The van der Waals surface area contributed by atoms with E-state index in [2.05, 4.69) is 47.9 Å². The van der Waals surface area contributed by atoms with Gasteiger partial charge in [0, 0.05) is 19.1 Å². The first-order valence-electron chi connectivity index (χ1n) is 6.35. The average molecular weight is 218 g/mol. The summed E-state index contributed by atoms with van der Waals surface area (Å²) in [7, 11) is 0. The molecule has 88 valence electrons. The van der Waals surface area contributed by atoms with Crippen LogP contribution in [0.2, 0.25) is 0 Å². The van der Waals surface area contributed by atoms with Gasteiger partial charge in [0.1, 0.15) is 0 Å². The van der Waals surface area contributed by atoms with Gasteiger partial charge in [-0.05, 0) is 30.9 Å². The molecular weight excluding hydrogens is 196 g/mol. The summed E-state index contributed by atoms with van der Waals surface area (Å²) in [5.41, 5.74) is 1.43. The molecule has 2 rings (SSSR count). The first-order chi connectivity index (χ1) is 7.86. The van der Waals surface area contributed by atoms with Gasteiger partial charge < -0.3 is 10.6 Å². The second-order valence-corrected chi connectivity index (χ2v) is 4.76. The Balaban J connectivity index is 1.77. The van der Waals surface area contributed by atoms with Crippen molar-refractivity contribution in [3.05, 3.63) is 35.9 Å². The number of hydrogen-bond donors (Lipinski definition) is 2. The Morgan fingerprint density at radius 1 is 1.38 bits per heavy atom. The highest BCUT2D eigenvalue weighted by atomic mass is 15.0. The van der Waals surface area contributed by atoms with Gasteiger partial charge in [0.25, 0.3) is 0 Å². The Hall–Kier alpha value is -0.860. The molecule has 2 unspecified atom stereocenters. The van der Waals surface area contributed by atoms with Crippen molar-refractivity contribution in [3.8, 4) is 0 Å². The van der Waals surface area contributed by atoms with Crippen LogP contribution in [0.1, 0.15) is 31.2 Å². The smallest absolute Gasteiger partial charge is 0.0193 e. The van der Waals surface area contributed by atoms with Crippen LogP contribution in [-0.2, 0) is 0 Å². The van der Waals surface area contributed by atoms with Gasteiger partial charge in [0.05, 0.1) is 0 Å². The van der Waals surface area contributed by atoms with Gasteiger partial charge in [0.2, 0.25) is 0 Å². The molecule has 0 spiro atoms. The highest BCUT2D eigenvalue weighted by Crippen LogP contribution is 2.13. The molecule has 1 aromatic carbocycles. The number of hydrogen-bond acceptors (Lipinski definition) is 2. The van der Waals surface area contributed by atoms with E-state index in [4.69, 9.17) is 0 Å². The molecule has 1 saturated heterocycles. The maximum absolute atomic E-state index is 3.66. The number of nitrogens with one attached hydrogen (secondary N) is 2. The molecule has 0 amide bonds. The van der Waals surface area contributed by atoms with Crippen molar-refractivity contribution in [1.29, 1.82) is 0 Å². The van der Waals surface area contributed by atoms with Crippen LogP contribution in [0.15, 0.2) is 30.3 Å².